The second-order valence-corrected chi connectivity index (χ2v) is 6.76. The molecule has 2 rings (SSSR count). The number of thiazole rings is 1. The van der Waals surface area contributed by atoms with Gasteiger partial charge in [-0.25, -0.2) is 9.37 Å². The summed E-state index contributed by atoms with van der Waals surface area (Å²) in [6.45, 7) is 5.15. The molecule has 1 amide bonds. The summed E-state index contributed by atoms with van der Waals surface area (Å²) in [5.74, 6) is -0.0940. The lowest BCUT2D eigenvalue weighted by Crippen LogP contribution is -2.33. The monoisotopic (exact) mass is 345 g/mol. The zero-order valence-electron chi connectivity index (χ0n) is 13.8. The molecule has 4 nitrogen and oxygen atoms in total. The molecule has 0 fully saturated rings. The van der Waals surface area contributed by atoms with Gasteiger partial charge in [0.25, 0.3) is 5.91 Å². The van der Waals surface area contributed by atoms with Crippen molar-refractivity contribution in [3.8, 4) is 16.6 Å². The normalized spacial score (nSPS) is 10.6. The van der Waals surface area contributed by atoms with Crippen LogP contribution in [0.15, 0.2) is 29.6 Å². The molecule has 1 aromatic carbocycles. The Balaban J connectivity index is 2.18. The lowest BCUT2D eigenvalue weighted by atomic mass is 10.1. The summed E-state index contributed by atoms with van der Waals surface area (Å²) >= 11 is 1.25. The standard InChI is InChI=1S/C18H20FN3OS/c1-13(2)8-11-22(10-5-9-20)18(23)16-12-24-17(21-16)14-6-3-4-7-15(14)19/h3-4,6-7,12-13H,5,8,10-11H2,1-2H3. The van der Waals surface area contributed by atoms with Crippen LogP contribution in [0.25, 0.3) is 10.6 Å². The van der Waals surface area contributed by atoms with Crippen molar-refractivity contribution in [3.63, 3.8) is 0 Å². The van der Waals surface area contributed by atoms with E-state index in [4.69, 9.17) is 5.26 Å². The first-order valence-electron chi connectivity index (χ1n) is 7.89. The molecular weight excluding hydrogens is 325 g/mol. The van der Waals surface area contributed by atoms with Gasteiger partial charge in [-0.2, -0.15) is 5.26 Å². The summed E-state index contributed by atoms with van der Waals surface area (Å²) in [6, 6.07) is 8.45. The maximum Gasteiger partial charge on any atom is 0.273 e. The fourth-order valence-corrected chi connectivity index (χ4v) is 3.03. The molecule has 0 atom stereocenters. The number of hydrogen-bond donors (Lipinski definition) is 0. The molecule has 0 aliphatic rings. The maximum atomic E-state index is 13.9. The van der Waals surface area contributed by atoms with Crippen LogP contribution in [0.1, 0.15) is 37.2 Å². The van der Waals surface area contributed by atoms with Gasteiger partial charge in [-0.15, -0.1) is 11.3 Å². The Morgan fingerprint density at radius 1 is 1.38 bits per heavy atom. The zero-order valence-corrected chi connectivity index (χ0v) is 14.6. The van der Waals surface area contributed by atoms with Gasteiger partial charge in [-0.05, 0) is 24.5 Å². The van der Waals surface area contributed by atoms with Gasteiger partial charge in [0.05, 0.1) is 12.5 Å². The molecule has 0 radical (unpaired) electrons. The van der Waals surface area contributed by atoms with Crippen molar-refractivity contribution in [3.05, 3.63) is 41.2 Å². The number of nitriles is 1. The van der Waals surface area contributed by atoms with Crippen molar-refractivity contribution in [2.24, 2.45) is 5.92 Å². The van der Waals surface area contributed by atoms with E-state index in [9.17, 15) is 9.18 Å². The van der Waals surface area contributed by atoms with Crippen molar-refractivity contribution in [1.29, 1.82) is 5.26 Å². The average Bonchev–Trinajstić information content (AvgIpc) is 3.04. The summed E-state index contributed by atoms with van der Waals surface area (Å²) in [5.41, 5.74) is 0.701. The van der Waals surface area contributed by atoms with Gasteiger partial charge in [0.2, 0.25) is 0 Å². The van der Waals surface area contributed by atoms with E-state index in [0.717, 1.165) is 6.42 Å². The van der Waals surface area contributed by atoms with E-state index in [0.29, 0.717) is 35.3 Å². The third kappa shape index (κ3) is 4.62. The number of nitrogens with zero attached hydrogens (tertiary/aromatic N) is 3. The molecule has 0 aliphatic heterocycles. The van der Waals surface area contributed by atoms with Gasteiger partial charge in [-0.3, -0.25) is 4.79 Å². The third-order valence-corrected chi connectivity index (χ3v) is 4.46. The topological polar surface area (TPSA) is 57.0 Å². The Labute approximate surface area is 145 Å². The van der Waals surface area contributed by atoms with E-state index < -0.39 is 0 Å². The lowest BCUT2D eigenvalue weighted by molar-refractivity contribution is 0.0747. The minimum atomic E-state index is -0.355. The predicted molar refractivity (Wildman–Crippen MR) is 93.1 cm³/mol. The molecule has 1 aromatic heterocycles. The lowest BCUT2D eigenvalue weighted by Gasteiger charge is -2.21. The van der Waals surface area contributed by atoms with Crippen LogP contribution in [0.5, 0.6) is 0 Å². The van der Waals surface area contributed by atoms with E-state index in [2.05, 4.69) is 24.9 Å². The molecule has 6 heteroatoms. The Bertz CT molecular complexity index is 736. The van der Waals surface area contributed by atoms with Gasteiger partial charge in [0.15, 0.2) is 0 Å². The minimum Gasteiger partial charge on any atom is -0.336 e. The molecule has 24 heavy (non-hydrogen) atoms. The van der Waals surface area contributed by atoms with Crippen LogP contribution in [0.3, 0.4) is 0 Å². The van der Waals surface area contributed by atoms with Crippen LogP contribution < -0.4 is 0 Å². The Kier molecular flexibility index (Phi) is 6.44. The summed E-state index contributed by atoms with van der Waals surface area (Å²) < 4.78 is 13.9. The molecule has 0 aliphatic carbocycles. The van der Waals surface area contributed by atoms with Gasteiger partial charge in [0, 0.05) is 24.0 Å². The fraction of sp³-hybridized carbons (Fsp3) is 0.389. The van der Waals surface area contributed by atoms with Crippen molar-refractivity contribution in [2.75, 3.05) is 13.1 Å². The highest BCUT2D eigenvalue weighted by Crippen LogP contribution is 2.26. The van der Waals surface area contributed by atoms with Gasteiger partial charge in [0.1, 0.15) is 16.5 Å². The van der Waals surface area contributed by atoms with Crippen molar-refractivity contribution >= 4 is 17.2 Å². The first-order chi connectivity index (χ1) is 11.5. The zero-order chi connectivity index (χ0) is 17.5. The van der Waals surface area contributed by atoms with Crippen LogP contribution in [0.2, 0.25) is 0 Å². The quantitative estimate of drug-likeness (QED) is 0.749. The summed E-state index contributed by atoms with van der Waals surface area (Å²) in [5, 5.41) is 10.9. The number of halogens is 1. The second kappa shape index (κ2) is 8.55. The molecule has 0 saturated carbocycles. The molecule has 0 unspecified atom stereocenters. The summed E-state index contributed by atoms with van der Waals surface area (Å²) in [6.07, 6.45) is 1.15. The highest BCUT2D eigenvalue weighted by atomic mass is 32.1. The molecular formula is C18H20FN3OS. The van der Waals surface area contributed by atoms with Crippen LogP contribution >= 0.6 is 11.3 Å². The van der Waals surface area contributed by atoms with E-state index in [-0.39, 0.29) is 18.1 Å². The number of carbonyl (C=O) groups excluding carboxylic acids is 1. The molecule has 126 valence electrons. The molecule has 0 N–H and O–H groups in total. The van der Waals surface area contributed by atoms with E-state index in [1.165, 1.54) is 17.4 Å². The van der Waals surface area contributed by atoms with Crippen molar-refractivity contribution in [2.45, 2.75) is 26.7 Å². The van der Waals surface area contributed by atoms with Crippen LogP contribution in [0, 0.1) is 23.1 Å². The predicted octanol–water partition coefficient (Wildman–Crippen LogP) is 4.35. The Morgan fingerprint density at radius 3 is 2.79 bits per heavy atom. The van der Waals surface area contributed by atoms with E-state index in [1.54, 1.807) is 28.5 Å². The largest absolute Gasteiger partial charge is 0.336 e. The number of hydrogen-bond acceptors (Lipinski definition) is 4. The number of aromatic nitrogens is 1. The van der Waals surface area contributed by atoms with E-state index >= 15 is 0 Å². The number of carbonyl (C=O) groups is 1. The van der Waals surface area contributed by atoms with Crippen LogP contribution in [-0.2, 0) is 0 Å². The highest BCUT2D eigenvalue weighted by molar-refractivity contribution is 7.13. The molecule has 0 saturated heterocycles. The first kappa shape index (κ1) is 18.1. The van der Waals surface area contributed by atoms with E-state index in [1.807, 2.05) is 0 Å². The molecule has 1 heterocycles. The summed E-state index contributed by atoms with van der Waals surface area (Å²) in [4.78, 5) is 18.6. The van der Waals surface area contributed by atoms with Crippen LogP contribution in [-0.4, -0.2) is 28.9 Å². The fourth-order valence-electron chi connectivity index (χ4n) is 2.21. The van der Waals surface area contributed by atoms with Gasteiger partial charge in [-0.1, -0.05) is 26.0 Å². The number of benzene rings is 1. The van der Waals surface area contributed by atoms with Crippen LogP contribution in [0.4, 0.5) is 4.39 Å². The summed E-state index contributed by atoms with van der Waals surface area (Å²) in [7, 11) is 0. The second-order valence-electron chi connectivity index (χ2n) is 5.90. The number of amides is 1. The van der Waals surface area contributed by atoms with Crippen molar-refractivity contribution in [1.82, 2.24) is 9.88 Å². The molecule has 0 bridgehead atoms. The van der Waals surface area contributed by atoms with Crippen molar-refractivity contribution < 1.29 is 9.18 Å². The highest BCUT2D eigenvalue weighted by Gasteiger charge is 2.20. The van der Waals surface area contributed by atoms with Gasteiger partial charge < -0.3 is 4.90 Å². The smallest absolute Gasteiger partial charge is 0.273 e. The van der Waals surface area contributed by atoms with Gasteiger partial charge >= 0.3 is 0 Å². The average molecular weight is 345 g/mol. The number of rotatable bonds is 7. The molecule has 0 spiro atoms. The Hall–Kier alpha value is -2.26. The third-order valence-electron chi connectivity index (χ3n) is 3.58. The SMILES string of the molecule is CC(C)CCN(CCC#N)C(=O)c1csc(-c2ccccc2F)n1. The first-order valence-corrected chi connectivity index (χ1v) is 8.77. The maximum absolute atomic E-state index is 13.9. The minimum absolute atomic E-state index is 0.204. The molecule has 2 aromatic rings. The Morgan fingerprint density at radius 2 is 2.12 bits per heavy atom.